The number of aryl methyl sites for hydroxylation is 1. The van der Waals surface area contributed by atoms with Crippen LogP contribution in [-0.2, 0) is 11.9 Å². The number of nitrogens with zero attached hydrogens (tertiary/aromatic N) is 3. The van der Waals surface area contributed by atoms with E-state index in [-0.39, 0.29) is 0 Å². The number of aromatic nitrogens is 3. The van der Waals surface area contributed by atoms with Crippen molar-refractivity contribution in [3.8, 4) is 0 Å². The molecule has 0 aliphatic rings. The molecular weight excluding hydrogens is 250 g/mol. The quantitative estimate of drug-likeness (QED) is 0.583. The summed E-state index contributed by atoms with van der Waals surface area (Å²) in [5.74, 6) is 2.41. The lowest BCUT2D eigenvalue weighted by Crippen LogP contribution is -1.99. The van der Waals surface area contributed by atoms with Crippen molar-refractivity contribution >= 4 is 27.7 Å². The maximum atomic E-state index is 4.01. The molecule has 5 heteroatoms. The average molecular weight is 264 g/mol. The van der Waals surface area contributed by atoms with Crippen LogP contribution < -0.4 is 0 Å². The maximum absolute atomic E-state index is 4.01. The van der Waals surface area contributed by atoms with Crippen molar-refractivity contribution in [1.29, 1.82) is 0 Å². The highest BCUT2D eigenvalue weighted by atomic mass is 79.9. The van der Waals surface area contributed by atoms with Gasteiger partial charge in [-0.2, -0.15) is 11.8 Å². The summed E-state index contributed by atoms with van der Waals surface area (Å²) in [6.07, 6.45) is 3.16. The van der Waals surface area contributed by atoms with E-state index in [9.17, 15) is 0 Å². The summed E-state index contributed by atoms with van der Waals surface area (Å²) in [6.45, 7) is 3.16. The second-order valence-corrected chi connectivity index (χ2v) is 4.61. The Morgan fingerprint density at radius 3 is 3.08 bits per heavy atom. The Balaban J connectivity index is 2.20. The lowest BCUT2D eigenvalue weighted by Gasteiger charge is -1.98. The van der Waals surface area contributed by atoms with Crippen molar-refractivity contribution in [2.24, 2.45) is 0 Å². The molecule has 0 N–H and O–H groups in total. The lowest BCUT2D eigenvalue weighted by atomic mass is 10.5. The Bertz CT molecular complexity index is 239. The summed E-state index contributed by atoms with van der Waals surface area (Å²) in [7, 11) is 0. The summed E-state index contributed by atoms with van der Waals surface area (Å²) in [6, 6.07) is 0. The molecule has 0 aliphatic carbocycles. The zero-order valence-corrected chi connectivity index (χ0v) is 10.1. The van der Waals surface area contributed by atoms with Gasteiger partial charge in [-0.1, -0.05) is 28.1 Å². The zero-order valence-electron chi connectivity index (χ0n) is 7.74. The van der Waals surface area contributed by atoms with E-state index in [1.165, 1.54) is 17.9 Å². The van der Waals surface area contributed by atoms with E-state index in [0.717, 1.165) is 17.6 Å². The zero-order chi connectivity index (χ0) is 9.52. The molecule has 0 amide bonds. The van der Waals surface area contributed by atoms with Gasteiger partial charge in [-0.15, -0.1) is 5.10 Å². The van der Waals surface area contributed by atoms with Crippen molar-refractivity contribution < 1.29 is 0 Å². The molecule has 0 bridgehead atoms. The molecular formula is C8H14BrN3S. The third-order valence-corrected chi connectivity index (χ3v) is 3.16. The largest absolute Gasteiger partial charge is 0.252 e. The second-order valence-electron chi connectivity index (χ2n) is 2.66. The van der Waals surface area contributed by atoms with E-state index in [4.69, 9.17) is 0 Å². The Labute approximate surface area is 91.4 Å². The number of rotatable bonds is 6. The lowest BCUT2D eigenvalue weighted by molar-refractivity contribution is 0.582. The smallest absolute Gasteiger partial charge is 0.0932 e. The second kappa shape index (κ2) is 6.43. The molecule has 1 aromatic rings. The van der Waals surface area contributed by atoms with Crippen LogP contribution in [-0.4, -0.2) is 26.5 Å². The number of halogens is 1. The van der Waals surface area contributed by atoms with E-state index in [0.29, 0.717) is 0 Å². The van der Waals surface area contributed by atoms with E-state index in [1.54, 1.807) is 0 Å². The van der Waals surface area contributed by atoms with Gasteiger partial charge in [0, 0.05) is 18.1 Å². The van der Waals surface area contributed by atoms with Crippen LogP contribution in [0.25, 0.3) is 0 Å². The van der Waals surface area contributed by atoms with Crippen molar-refractivity contribution in [2.45, 2.75) is 25.2 Å². The fourth-order valence-electron chi connectivity index (χ4n) is 0.982. The van der Waals surface area contributed by atoms with Crippen LogP contribution in [0.15, 0.2) is 6.20 Å². The minimum atomic E-state index is 0.788. The summed E-state index contributed by atoms with van der Waals surface area (Å²) < 4.78 is 1.91. The average Bonchev–Trinajstić information content (AvgIpc) is 2.60. The van der Waals surface area contributed by atoms with Crippen molar-refractivity contribution in [1.82, 2.24) is 15.0 Å². The maximum Gasteiger partial charge on any atom is 0.0932 e. The minimum Gasteiger partial charge on any atom is -0.252 e. The number of hydrogen-bond acceptors (Lipinski definition) is 3. The SMILES string of the molecule is CCSCCCn1cc(CBr)nn1. The fourth-order valence-corrected chi connectivity index (χ4v) is 1.86. The topological polar surface area (TPSA) is 30.7 Å². The molecule has 1 rings (SSSR count). The molecule has 1 heterocycles. The Kier molecular flexibility index (Phi) is 5.46. The van der Waals surface area contributed by atoms with E-state index >= 15 is 0 Å². The Hall–Kier alpha value is -0.0300. The molecule has 0 unspecified atom stereocenters. The number of alkyl halides is 1. The molecule has 74 valence electrons. The van der Waals surface area contributed by atoms with Gasteiger partial charge in [-0.05, 0) is 17.9 Å². The van der Waals surface area contributed by atoms with Gasteiger partial charge in [0.05, 0.1) is 5.69 Å². The number of hydrogen-bond donors (Lipinski definition) is 0. The summed E-state index contributed by atoms with van der Waals surface area (Å²) in [4.78, 5) is 0. The van der Waals surface area contributed by atoms with Crippen molar-refractivity contribution in [3.05, 3.63) is 11.9 Å². The van der Waals surface area contributed by atoms with Gasteiger partial charge in [0.25, 0.3) is 0 Å². The van der Waals surface area contributed by atoms with Gasteiger partial charge in [-0.25, -0.2) is 0 Å². The molecule has 0 saturated heterocycles. The summed E-state index contributed by atoms with van der Waals surface area (Å²) in [5, 5.41) is 8.79. The first-order valence-electron chi connectivity index (χ1n) is 4.39. The molecule has 1 aromatic heterocycles. The molecule has 3 nitrogen and oxygen atoms in total. The van der Waals surface area contributed by atoms with Gasteiger partial charge < -0.3 is 0 Å². The van der Waals surface area contributed by atoms with Crippen molar-refractivity contribution in [2.75, 3.05) is 11.5 Å². The molecule has 0 spiro atoms. The molecule has 0 saturated carbocycles. The predicted molar refractivity (Wildman–Crippen MR) is 60.3 cm³/mol. The van der Waals surface area contributed by atoms with Crippen molar-refractivity contribution in [3.63, 3.8) is 0 Å². The monoisotopic (exact) mass is 263 g/mol. The van der Waals surface area contributed by atoms with E-state index in [2.05, 4.69) is 33.2 Å². The van der Waals surface area contributed by atoms with Gasteiger partial charge in [0.2, 0.25) is 0 Å². The first kappa shape index (κ1) is 11.0. The van der Waals surface area contributed by atoms with Gasteiger partial charge in [0.15, 0.2) is 0 Å². The molecule has 0 fully saturated rings. The van der Waals surface area contributed by atoms with Crippen LogP contribution in [0.5, 0.6) is 0 Å². The third kappa shape index (κ3) is 4.13. The van der Waals surface area contributed by atoms with E-state index < -0.39 is 0 Å². The molecule has 13 heavy (non-hydrogen) atoms. The third-order valence-electron chi connectivity index (χ3n) is 1.60. The Morgan fingerprint density at radius 2 is 2.46 bits per heavy atom. The predicted octanol–water partition coefficient (Wildman–Crippen LogP) is 2.32. The van der Waals surface area contributed by atoms with Crippen LogP contribution in [0.4, 0.5) is 0 Å². The molecule has 0 atom stereocenters. The minimum absolute atomic E-state index is 0.788. The first-order chi connectivity index (χ1) is 6.36. The summed E-state index contributed by atoms with van der Waals surface area (Å²) in [5.41, 5.74) is 1.00. The van der Waals surface area contributed by atoms with Crippen LogP contribution in [0.2, 0.25) is 0 Å². The standard InChI is InChI=1S/C8H14BrN3S/c1-2-13-5-3-4-12-7-8(6-9)10-11-12/h7H,2-6H2,1H3. The fraction of sp³-hybridized carbons (Fsp3) is 0.750. The van der Waals surface area contributed by atoms with Crippen LogP contribution in [0.3, 0.4) is 0 Å². The van der Waals surface area contributed by atoms with Gasteiger partial charge in [0.1, 0.15) is 0 Å². The van der Waals surface area contributed by atoms with Gasteiger partial charge >= 0.3 is 0 Å². The highest BCUT2D eigenvalue weighted by molar-refractivity contribution is 9.08. The van der Waals surface area contributed by atoms with Crippen LogP contribution in [0, 0.1) is 0 Å². The first-order valence-corrected chi connectivity index (χ1v) is 6.67. The normalized spacial score (nSPS) is 10.6. The molecule has 0 aliphatic heterocycles. The van der Waals surface area contributed by atoms with Crippen LogP contribution >= 0.6 is 27.7 Å². The highest BCUT2D eigenvalue weighted by Crippen LogP contribution is 2.04. The van der Waals surface area contributed by atoms with Gasteiger partial charge in [-0.3, -0.25) is 4.68 Å². The molecule has 0 aromatic carbocycles. The Morgan fingerprint density at radius 1 is 1.62 bits per heavy atom. The highest BCUT2D eigenvalue weighted by Gasteiger charge is 1.97. The summed E-state index contributed by atoms with van der Waals surface area (Å²) >= 11 is 5.31. The van der Waals surface area contributed by atoms with Crippen LogP contribution in [0.1, 0.15) is 19.0 Å². The van der Waals surface area contributed by atoms with E-state index in [1.807, 2.05) is 22.6 Å². The number of thioether (sulfide) groups is 1. The molecule has 0 radical (unpaired) electrons.